The molecule has 0 saturated heterocycles. The van der Waals surface area contributed by atoms with E-state index in [0.29, 0.717) is 19.3 Å². The predicted molar refractivity (Wildman–Crippen MR) is 98.8 cm³/mol. The molecule has 5 heteroatoms. The fourth-order valence-corrected chi connectivity index (χ4v) is 2.88. The van der Waals surface area contributed by atoms with Crippen LogP contribution in [0, 0.1) is 3.57 Å². The number of halogens is 1. The maximum Gasteiger partial charge on any atom is 0.240 e. The lowest BCUT2D eigenvalue weighted by Gasteiger charge is -2.16. The number of primary amides is 1. The highest BCUT2D eigenvalue weighted by Gasteiger charge is 2.19. The summed E-state index contributed by atoms with van der Waals surface area (Å²) in [5.74, 6) is -0.679. The lowest BCUT2D eigenvalue weighted by atomic mass is 10.0. The molecule has 0 radical (unpaired) electrons. The van der Waals surface area contributed by atoms with Gasteiger partial charge in [-0.2, -0.15) is 0 Å². The summed E-state index contributed by atoms with van der Waals surface area (Å²) in [6, 6.07) is 16.8. The minimum absolute atomic E-state index is 0.163. The predicted octanol–water partition coefficient (Wildman–Crippen LogP) is 2.44. The number of hydrogen-bond donors (Lipinski definition) is 2. The molecule has 0 saturated carbocycles. The summed E-state index contributed by atoms with van der Waals surface area (Å²) in [4.78, 5) is 23.7. The molecule has 0 aliphatic rings. The second kappa shape index (κ2) is 8.67. The Morgan fingerprint density at radius 1 is 1.04 bits per heavy atom. The summed E-state index contributed by atoms with van der Waals surface area (Å²) in [7, 11) is 0. The highest BCUT2D eigenvalue weighted by molar-refractivity contribution is 14.1. The van der Waals surface area contributed by atoms with E-state index in [0.717, 1.165) is 14.7 Å². The minimum Gasteiger partial charge on any atom is -0.368 e. The Labute approximate surface area is 149 Å². The van der Waals surface area contributed by atoms with Gasteiger partial charge in [0.15, 0.2) is 0 Å². The average Bonchev–Trinajstić information content (AvgIpc) is 2.55. The molecule has 0 aromatic heterocycles. The smallest absolute Gasteiger partial charge is 0.240 e. The van der Waals surface area contributed by atoms with Gasteiger partial charge in [0.25, 0.3) is 0 Å². The fraction of sp³-hybridized carbons (Fsp3) is 0.222. The van der Waals surface area contributed by atoms with Crippen LogP contribution in [0.15, 0.2) is 54.6 Å². The van der Waals surface area contributed by atoms with Gasteiger partial charge in [-0.05, 0) is 46.2 Å². The van der Waals surface area contributed by atoms with Crippen molar-refractivity contribution in [3.05, 3.63) is 69.3 Å². The molecule has 0 heterocycles. The van der Waals surface area contributed by atoms with E-state index in [1.807, 2.05) is 54.6 Å². The molecule has 0 aliphatic heterocycles. The Hall–Kier alpha value is -1.89. The molecule has 2 aromatic rings. The largest absolute Gasteiger partial charge is 0.368 e. The zero-order valence-electron chi connectivity index (χ0n) is 12.7. The van der Waals surface area contributed by atoms with E-state index < -0.39 is 11.9 Å². The van der Waals surface area contributed by atoms with Crippen molar-refractivity contribution in [3.63, 3.8) is 0 Å². The number of nitrogens with one attached hydrogen (secondary N) is 1. The normalized spacial score (nSPS) is 11.7. The Kier molecular flexibility index (Phi) is 6.58. The minimum atomic E-state index is -0.686. The van der Waals surface area contributed by atoms with Gasteiger partial charge in [0.05, 0.1) is 0 Å². The summed E-state index contributed by atoms with van der Waals surface area (Å²) in [5, 5.41) is 2.75. The van der Waals surface area contributed by atoms with Crippen LogP contribution >= 0.6 is 22.6 Å². The van der Waals surface area contributed by atoms with Crippen molar-refractivity contribution < 1.29 is 9.59 Å². The van der Waals surface area contributed by atoms with Crippen LogP contribution in [0.4, 0.5) is 0 Å². The zero-order chi connectivity index (χ0) is 16.7. The molecule has 3 N–H and O–H groups in total. The first-order valence-corrected chi connectivity index (χ1v) is 8.50. The maximum absolute atomic E-state index is 12.1. The van der Waals surface area contributed by atoms with Crippen LogP contribution in [0.1, 0.15) is 17.5 Å². The van der Waals surface area contributed by atoms with Crippen molar-refractivity contribution in [2.75, 3.05) is 0 Å². The van der Waals surface area contributed by atoms with Crippen LogP contribution in [0.2, 0.25) is 0 Å². The summed E-state index contributed by atoms with van der Waals surface area (Å²) < 4.78 is 1.05. The van der Waals surface area contributed by atoms with E-state index in [1.54, 1.807) is 0 Å². The first-order chi connectivity index (χ1) is 11.1. The monoisotopic (exact) mass is 422 g/mol. The van der Waals surface area contributed by atoms with Crippen LogP contribution in [0.5, 0.6) is 0 Å². The van der Waals surface area contributed by atoms with Crippen LogP contribution < -0.4 is 11.1 Å². The quantitative estimate of drug-likeness (QED) is 0.673. The van der Waals surface area contributed by atoms with E-state index >= 15 is 0 Å². The third kappa shape index (κ3) is 5.67. The molecule has 0 unspecified atom stereocenters. The van der Waals surface area contributed by atoms with Crippen molar-refractivity contribution in [2.45, 2.75) is 25.3 Å². The van der Waals surface area contributed by atoms with Crippen molar-refractivity contribution in [3.8, 4) is 0 Å². The van der Waals surface area contributed by atoms with Crippen molar-refractivity contribution in [1.82, 2.24) is 5.32 Å². The standard InChI is InChI=1S/C18H19IN2O2/c19-15-9-5-4-8-14(15)12-16(18(20)23)21-17(22)11-10-13-6-2-1-3-7-13/h1-9,16H,10-12H2,(H2,20,23)(H,21,22)/t16-/m0/s1. The molecule has 2 amide bonds. The van der Waals surface area contributed by atoms with Gasteiger partial charge >= 0.3 is 0 Å². The number of carbonyl (C=O) groups excluding carboxylic acids is 2. The molecule has 0 fully saturated rings. The lowest BCUT2D eigenvalue weighted by Crippen LogP contribution is -2.46. The summed E-state index contributed by atoms with van der Waals surface area (Å²) in [6.07, 6.45) is 1.38. The second-order valence-electron chi connectivity index (χ2n) is 5.30. The van der Waals surface area contributed by atoms with E-state index in [-0.39, 0.29) is 5.91 Å². The van der Waals surface area contributed by atoms with Gasteiger partial charge in [-0.3, -0.25) is 9.59 Å². The van der Waals surface area contributed by atoms with E-state index in [4.69, 9.17) is 5.73 Å². The van der Waals surface area contributed by atoms with Gasteiger partial charge in [0, 0.05) is 16.4 Å². The van der Waals surface area contributed by atoms with Crippen LogP contribution in [0.3, 0.4) is 0 Å². The van der Waals surface area contributed by atoms with Crippen LogP contribution in [0.25, 0.3) is 0 Å². The van der Waals surface area contributed by atoms with Gasteiger partial charge in [-0.15, -0.1) is 0 Å². The zero-order valence-corrected chi connectivity index (χ0v) is 14.8. The average molecular weight is 422 g/mol. The Morgan fingerprint density at radius 2 is 1.70 bits per heavy atom. The molecule has 23 heavy (non-hydrogen) atoms. The van der Waals surface area contributed by atoms with Crippen molar-refractivity contribution >= 4 is 34.4 Å². The van der Waals surface area contributed by atoms with Crippen LogP contribution in [-0.4, -0.2) is 17.9 Å². The van der Waals surface area contributed by atoms with Crippen molar-refractivity contribution in [1.29, 1.82) is 0 Å². The van der Waals surface area contributed by atoms with Gasteiger partial charge in [-0.25, -0.2) is 0 Å². The molecule has 120 valence electrons. The molecule has 2 aromatic carbocycles. The van der Waals surface area contributed by atoms with E-state index in [2.05, 4.69) is 27.9 Å². The number of hydrogen-bond acceptors (Lipinski definition) is 2. The molecule has 2 rings (SSSR count). The van der Waals surface area contributed by atoms with Gasteiger partial charge in [0.1, 0.15) is 6.04 Å². The molecule has 0 aliphatic carbocycles. The lowest BCUT2D eigenvalue weighted by molar-refractivity contribution is -0.127. The Morgan fingerprint density at radius 3 is 2.35 bits per heavy atom. The van der Waals surface area contributed by atoms with E-state index in [9.17, 15) is 9.59 Å². The van der Waals surface area contributed by atoms with Crippen LogP contribution in [-0.2, 0) is 22.4 Å². The topological polar surface area (TPSA) is 72.2 Å². The maximum atomic E-state index is 12.1. The first kappa shape index (κ1) is 17.5. The molecule has 0 bridgehead atoms. The highest BCUT2D eigenvalue weighted by Crippen LogP contribution is 2.13. The number of nitrogens with two attached hydrogens (primary N) is 1. The van der Waals surface area contributed by atoms with E-state index in [1.165, 1.54) is 0 Å². The number of benzene rings is 2. The molecule has 0 spiro atoms. The third-order valence-corrected chi connectivity index (χ3v) is 4.60. The first-order valence-electron chi connectivity index (χ1n) is 7.42. The van der Waals surface area contributed by atoms with Gasteiger partial charge < -0.3 is 11.1 Å². The molecule has 1 atom stereocenters. The van der Waals surface area contributed by atoms with Gasteiger partial charge in [-0.1, -0.05) is 48.5 Å². The summed E-state index contributed by atoms with van der Waals surface area (Å²) in [5.41, 5.74) is 7.53. The van der Waals surface area contributed by atoms with Gasteiger partial charge in [0.2, 0.25) is 11.8 Å². The highest BCUT2D eigenvalue weighted by atomic mass is 127. The number of aryl methyl sites for hydroxylation is 1. The fourth-order valence-electron chi connectivity index (χ4n) is 2.28. The van der Waals surface area contributed by atoms with Crippen molar-refractivity contribution in [2.24, 2.45) is 5.73 Å². The third-order valence-electron chi connectivity index (χ3n) is 3.54. The Balaban J connectivity index is 1.92. The molecular formula is C18H19IN2O2. The second-order valence-corrected chi connectivity index (χ2v) is 6.47. The summed E-state index contributed by atoms with van der Waals surface area (Å²) in [6.45, 7) is 0. The SMILES string of the molecule is NC(=O)[C@H](Cc1ccccc1I)NC(=O)CCc1ccccc1. The number of amides is 2. The number of rotatable bonds is 7. The number of carbonyl (C=O) groups is 2. The molecule has 4 nitrogen and oxygen atoms in total. The Bertz CT molecular complexity index is 674. The summed E-state index contributed by atoms with van der Waals surface area (Å²) >= 11 is 2.21. The molecular weight excluding hydrogens is 403 g/mol.